The molecule has 0 aliphatic carbocycles. The van der Waals surface area contributed by atoms with Crippen LogP contribution in [0, 0.1) is 69.7 Å². The molecule has 8 heavy (non-hydrogen) atoms. The van der Waals surface area contributed by atoms with Gasteiger partial charge in [0.05, 0.1) is 0 Å². The molecule has 0 saturated heterocycles. The molecule has 0 heterocycles. The van der Waals surface area contributed by atoms with E-state index >= 15 is 0 Å². The van der Waals surface area contributed by atoms with Crippen molar-refractivity contribution in [3.05, 3.63) is 7.43 Å². The minimum absolute atomic E-state index is 0. The van der Waals surface area contributed by atoms with E-state index in [9.17, 15) is 0 Å². The van der Waals surface area contributed by atoms with Gasteiger partial charge >= 0.3 is 0 Å². The zero-order valence-electron chi connectivity index (χ0n) is 2.00. The van der Waals surface area contributed by atoms with Gasteiger partial charge in [0.25, 0.3) is 0 Å². The molecule has 0 saturated carbocycles. The standard InChI is InChI=1S/5CH4.CH3.2U.3H2/h5*1H4;1H3;;;3*1H/q;;;;;-1;;;;;/i;;;;;;;;3*1+2. The predicted molar refractivity (Wildman–Crippen MR) is 46.4 cm³/mol. The van der Waals surface area contributed by atoms with Crippen LogP contribution in [-0.2, 0) is 0 Å². The second kappa shape index (κ2) is 135. The maximum Gasteiger partial charge on any atom is 0 e. The van der Waals surface area contributed by atoms with E-state index in [0.717, 1.165) is 0 Å². The molecule has 0 aliphatic rings. The third-order valence-electron chi connectivity index (χ3n) is 0. The molecule has 0 N–H and O–H groups in total. The van der Waals surface area contributed by atoms with Crippen LogP contribution in [0.1, 0.15) is 41.4 Å². The Kier molecular flexibility index (Phi) is 3190. The van der Waals surface area contributed by atoms with Crippen LogP contribution in [0.3, 0.4) is 0 Å². The van der Waals surface area contributed by atoms with Crippen molar-refractivity contribution in [3.8, 4) is 0 Å². The van der Waals surface area contributed by atoms with E-state index < -0.39 is 0 Å². The van der Waals surface area contributed by atoms with Gasteiger partial charge in [-0.2, -0.15) is 0 Å². The van der Waals surface area contributed by atoms with E-state index in [-0.39, 0.29) is 111 Å². The Balaban J connectivity index is 0. The van der Waals surface area contributed by atoms with Crippen LogP contribution in [0.25, 0.3) is 0 Å². The Morgan fingerprint density at radius 3 is 0.500 bits per heavy atom. The second-order valence-electron chi connectivity index (χ2n) is 0. The summed E-state index contributed by atoms with van der Waals surface area (Å²) < 4.78 is 0. The van der Waals surface area contributed by atoms with E-state index in [1.54, 1.807) is 0 Å². The van der Waals surface area contributed by atoms with Crippen molar-refractivity contribution in [1.82, 2.24) is 0 Å². The Hall–Kier alpha value is 2.10. The summed E-state index contributed by atoms with van der Waals surface area (Å²) in [5.41, 5.74) is 0. The molecule has 0 spiro atoms. The molecule has 62 valence electrons. The normalized spacial score (nSPS) is 0. The first-order valence-electron chi connectivity index (χ1n) is 0. The van der Waals surface area contributed by atoms with E-state index in [4.69, 9.17) is 0 Å². The van der Waals surface area contributed by atoms with E-state index in [1.807, 2.05) is 0 Å². The van der Waals surface area contributed by atoms with Crippen molar-refractivity contribution in [2.24, 2.45) is 0 Å². The van der Waals surface area contributed by atoms with Gasteiger partial charge in [0.1, 0.15) is 0 Å². The summed E-state index contributed by atoms with van der Waals surface area (Å²) in [7, 11) is 0. The average Bonchev–Trinajstić information content (AvgIpc) is 0. The van der Waals surface area contributed by atoms with Crippen molar-refractivity contribution in [2.75, 3.05) is 0 Å². The summed E-state index contributed by atoms with van der Waals surface area (Å²) in [6.45, 7) is 0. The number of rotatable bonds is 0. The molecule has 0 bridgehead atoms. The fourth-order valence-electron chi connectivity index (χ4n) is 0. The maximum absolute atomic E-state index is 0. The SMILES string of the molecule is C.C.C.C.C.[3HH].[3HH].[3HH].[CH3-].[U].[U]. The van der Waals surface area contributed by atoms with Gasteiger partial charge in [-0.1, -0.05) is 37.1 Å². The minimum atomic E-state index is 0. The summed E-state index contributed by atoms with van der Waals surface area (Å²) in [4.78, 5) is 0. The van der Waals surface area contributed by atoms with Crippen LogP contribution in [-0.4, -0.2) is 0 Å². The Morgan fingerprint density at radius 2 is 0.500 bits per heavy atom. The van der Waals surface area contributed by atoms with Crippen LogP contribution >= 0.6 is 0 Å². The van der Waals surface area contributed by atoms with Crippen LogP contribution in [0.5, 0.6) is 0 Å². The molecular weight excluding hydrogens is 548 g/mol. The molecule has 0 fully saturated rings. The average molecular weight is 583 g/mol. The zero-order chi connectivity index (χ0) is 0. The summed E-state index contributed by atoms with van der Waals surface area (Å²) in [5, 5.41) is 0. The van der Waals surface area contributed by atoms with Crippen molar-refractivity contribution in [3.63, 3.8) is 0 Å². The zero-order valence-corrected chi connectivity index (χ0v) is 10.3. The first-order valence-corrected chi connectivity index (χ1v) is 0. The molecule has 2 heteroatoms. The first kappa shape index (κ1) is 189. The van der Waals surface area contributed by atoms with Gasteiger partial charge in [0.15, 0.2) is 0 Å². The molecule has 0 aliphatic heterocycles. The maximum atomic E-state index is 0. The topological polar surface area (TPSA) is 0 Å². The fourth-order valence-corrected chi connectivity index (χ4v) is 0. The Labute approximate surface area is 110 Å². The van der Waals surface area contributed by atoms with Gasteiger partial charge in [0.2, 0.25) is 0 Å². The van der Waals surface area contributed by atoms with Crippen LogP contribution in [0.4, 0.5) is 0 Å². The monoisotopic (exact) mass is 583 g/mol. The van der Waals surface area contributed by atoms with Gasteiger partial charge in [-0.15, -0.1) is 0 Å². The third kappa shape index (κ3) is 92.4. The van der Waals surface area contributed by atoms with Crippen LogP contribution in [0.15, 0.2) is 0 Å². The van der Waals surface area contributed by atoms with Gasteiger partial charge in [-0.3, -0.25) is 0 Å². The summed E-state index contributed by atoms with van der Waals surface area (Å²) in [6, 6.07) is 0. The molecule has 0 radical (unpaired) electrons. The largest absolute Gasteiger partial charge is 0.358 e. The Bertz CT molecular complexity index is 15.8. The third-order valence-corrected chi connectivity index (χ3v) is 0. The second-order valence-corrected chi connectivity index (χ2v) is 0. The smallest absolute Gasteiger partial charge is 0 e. The molecule has 0 unspecified atom stereocenters. The summed E-state index contributed by atoms with van der Waals surface area (Å²) in [5.74, 6) is 0. The molecule has 0 atom stereocenters. The van der Waals surface area contributed by atoms with Crippen molar-refractivity contribution in [2.45, 2.75) is 37.1 Å². The van der Waals surface area contributed by atoms with Crippen molar-refractivity contribution < 1.29 is 66.5 Å². The number of hydrogen-bond acceptors (Lipinski definition) is 0. The van der Waals surface area contributed by atoms with Crippen molar-refractivity contribution >= 4 is 0 Å². The summed E-state index contributed by atoms with van der Waals surface area (Å²) in [6.07, 6.45) is 0. The quantitative estimate of drug-likeness (QED) is 0.372. The van der Waals surface area contributed by atoms with E-state index in [2.05, 4.69) is 0 Å². The van der Waals surface area contributed by atoms with E-state index in [1.165, 1.54) is 0 Å². The molecular formula is C6H29U2-. The molecule has 0 aromatic rings. The first-order chi connectivity index (χ1) is 0. The van der Waals surface area contributed by atoms with Gasteiger partial charge in [-0.05, 0) is 0 Å². The van der Waals surface area contributed by atoms with Gasteiger partial charge in [0, 0.05) is 66.5 Å². The predicted octanol–water partition coefficient (Wildman–Crippen LogP) is 4.37. The molecule has 0 aromatic heterocycles. The van der Waals surface area contributed by atoms with Gasteiger partial charge < -0.3 is 7.43 Å². The fraction of sp³-hybridized carbons (Fsp3) is 0.833. The van der Waals surface area contributed by atoms with Crippen molar-refractivity contribution in [1.29, 1.82) is 0 Å². The molecule has 0 amide bonds. The van der Waals surface area contributed by atoms with Crippen LogP contribution in [0.2, 0.25) is 0 Å². The molecule has 0 aromatic carbocycles. The van der Waals surface area contributed by atoms with Crippen LogP contribution < -0.4 is 0 Å². The van der Waals surface area contributed by atoms with Gasteiger partial charge in [-0.25, -0.2) is 0 Å². The van der Waals surface area contributed by atoms with E-state index in [0.29, 0.717) is 0 Å². The molecule has 0 nitrogen and oxygen atoms in total. The Morgan fingerprint density at radius 1 is 0.500 bits per heavy atom. The minimum Gasteiger partial charge on any atom is -0.358 e. The summed E-state index contributed by atoms with van der Waals surface area (Å²) >= 11 is 0. The molecule has 0 rings (SSSR count). The number of hydrogen-bond donors (Lipinski definition) is 0.